The number of hydrogen-bond acceptors (Lipinski definition) is 3. The van der Waals surface area contributed by atoms with E-state index in [2.05, 4.69) is 73.8 Å². The van der Waals surface area contributed by atoms with Crippen LogP contribution in [0.4, 0.5) is 11.5 Å². The van der Waals surface area contributed by atoms with E-state index < -0.39 is 0 Å². The quantitative estimate of drug-likeness (QED) is 0.507. The molecule has 3 nitrogen and oxygen atoms in total. The molecule has 0 saturated heterocycles. The third kappa shape index (κ3) is 1.88. The van der Waals surface area contributed by atoms with E-state index >= 15 is 0 Å². The Balaban J connectivity index is 1.68. The molecule has 0 atom stereocenters. The van der Waals surface area contributed by atoms with Gasteiger partial charge < -0.3 is 5.32 Å². The van der Waals surface area contributed by atoms with Crippen LogP contribution in [0, 0.1) is 3.57 Å². The Hall–Kier alpha value is -1.34. The molecule has 5 heteroatoms. The van der Waals surface area contributed by atoms with Crippen LogP contribution in [0.25, 0.3) is 11.3 Å². The van der Waals surface area contributed by atoms with Gasteiger partial charge in [-0.05, 0) is 58.3 Å². The highest BCUT2D eigenvalue weighted by atomic mass is 127. The lowest BCUT2D eigenvalue weighted by atomic mass is 10.2. The zero-order valence-electron chi connectivity index (χ0n) is 9.90. The van der Waals surface area contributed by atoms with Crippen LogP contribution in [0.1, 0.15) is 10.4 Å². The summed E-state index contributed by atoms with van der Waals surface area (Å²) in [5.74, 6) is 0.944. The van der Waals surface area contributed by atoms with Crippen LogP contribution in [0.2, 0.25) is 0 Å². The first-order valence-electron chi connectivity index (χ1n) is 5.98. The predicted octanol–water partition coefficient (Wildman–Crippen LogP) is 4.39. The first-order chi connectivity index (χ1) is 9.31. The molecule has 1 aliphatic rings. The highest BCUT2D eigenvalue weighted by molar-refractivity contribution is 14.1. The number of thiophene rings is 1. The Morgan fingerprint density at radius 1 is 1.21 bits per heavy atom. The molecule has 94 valence electrons. The Morgan fingerprint density at radius 3 is 2.89 bits per heavy atom. The van der Waals surface area contributed by atoms with Crippen LogP contribution < -0.4 is 5.32 Å². The van der Waals surface area contributed by atoms with E-state index in [4.69, 9.17) is 0 Å². The molecule has 0 spiro atoms. The number of fused-ring (bicyclic) bond motifs is 3. The number of anilines is 2. The van der Waals surface area contributed by atoms with Crippen molar-refractivity contribution in [1.29, 1.82) is 0 Å². The van der Waals surface area contributed by atoms with E-state index in [1.54, 1.807) is 0 Å². The molecule has 2 heterocycles. The van der Waals surface area contributed by atoms with Gasteiger partial charge in [0.25, 0.3) is 0 Å². The number of aromatic amines is 1. The molecule has 3 aromatic rings. The first-order valence-corrected chi connectivity index (χ1v) is 7.93. The molecule has 2 N–H and O–H groups in total. The molecule has 0 bridgehead atoms. The Kier molecular flexibility index (Phi) is 2.63. The minimum atomic E-state index is 0.944. The van der Waals surface area contributed by atoms with Crippen molar-refractivity contribution in [3.8, 4) is 11.3 Å². The number of H-pyrrole nitrogens is 1. The smallest absolute Gasteiger partial charge is 0.156 e. The van der Waals surface area contributed by atoms with Gasteiger partial charge in [0.2, 0.25) is 0 Å². The molecule has 2 aromatic heterocycles. The van der Waals surface area contributed by atoms with Crippen molar-refractivity contribution in [3.05, 3.63) is 49.7 Å². The molecule has 0 unspecified atom stereocenters. The van der Waals surface area contributed by atoms with Crippen molar-refractivity contribution < 1.29 is 0 Å². The molecule has 4 rings (SSSR count). The summed E-state index contributed by atoms with van der Waals surface area (Å²) in [5, 5.41) is 13.1. The normalized spacial score (nSPS) is 12.3. The lowest BCUT2D eigenvalue weighted by molar-refractivity contribution is 1.09. The average Bonchev–Trinajstić information content (AvgIpc) is 3.05. The standard InChI is InChI=1S/C14H10IN3S/c15-8-1-3-9(4-2-8)16-14-11-7-12-10(5-6-19-12)13(11)17-18-14/h1-6H,7H2,(H2,16,17,18). The summed E-state index contributed by atoms with van der Waals surface area (Å²) >= 11 is 4.12. The maximum atomic E-state index is 4.40. The zero-order chi connectivity index (χ0) is 12.8. The van der Waals surface area contributed by atoms with Crippen molar-refractivity contribution >= 4 is 45.4 Å². The summed E-state index contributed by atoms with van der Waals surface area (Å²) in [6.45, 7) is 0. The zero-order valence-corrected chi connectivity index (χ0v) is 12.9. The molecule has 0 aliphatic heterocycles. The number of rotatable bonds is 2. The lowest BCUT2D eigenvalue weighted by Crippen LogP contribution is -1.94. The van der Waals surface area contributed by atoms with Crippen LogP contribution in [0.3, 0.4) is 0 Å². The molecule has 1 aromatic carbocycles. The number of hydrogen-bond donors (Lipinski definition) is 2. The van der Waals surface area contributed by atoms with Crippen molar-refractivity contribution in [2.45, 2.75) is 6.42 Å². The fraction of sp³-hybridized carbons (Fsp3) is 0.0714. The second kappa shape index (κ2) is 4.35. The van der Waals surface area contributed by atoms with Gasteiger partial charge in [-0.25, -0.2) is 0 Å². The van der Waals surface area contributed by atoms with Gasteiger partial charge in [-0.3, -0.25) is 5.10 Å². The first kappa shape index (κ1) is 11.5. The molecular formula is C14H10IN3S. The van der Waals surface area contributed by atoms with Crippen molar-refractivity contribution in [1.82, 2.24) is 10.2 Å². The predicted molar refractivity (Wildman–Crippen MR) is 87.1 cm³/mol. The summed E-state index contributed by atoms with van der Waals surface area (Å²) in [7, 11) is 0. The Labute approximate surface area is 128 Å². The van der Waals surface area contributed by atoms with Gasteiger partial charge >= 0.3 is 0 Å². The molecule has 0 fully saturated rings. The summed E-state index contributed by atoms with van der Waals surface area (Å²) in [6.07, 6.45) is 0.978. The topological polar surface area (TPSA) is 40.7 Å². The Bertz CT molecular complexity index is 742. The van der Waals surface area contributed by atoms with Crippen molar-refractivity contribution in [2.75, 3.05) is 5.32 Å². The van der Waals surface area contributed by atoms with Gasteiger partial charge in [0, 0.05) is 31.7 Å². The molecule has 0 amide bonds. The summed E-state index contributed by atoms with van der Waals surface area (Å²) in [4.78, 5) is 1.43. The monoisotopic (exact) mass is 379 g/mol. The highest BCUT2D eigenvalue weighted by Gasteiger charge is 2.25. The minimum absolute atomic E-state index is 0.944. The van der Waals surface area contributed by atoms with Gasteiger partial charge in [-0.15, -0.1) is 11.3 Å². The maximum Gasteiger partial charge on any atom is 0.156 e. The van der Waals surface area contributed by atoms with Crippen LogP contribution >= 0.6 is 33.9 Å². The van der Waals surface area contributed by atoms with Gasteiger partial charge in [0.15, 0.2) is 5.82 Å². The van der Waals surface area contributed by atoms with Gasteiger partial charge in [0.05, 0.1) is 5.69 Å². The van der Waals surface area contributed by atoms with Gasteiger partial charge in [-0.2, -0.15) is 5.10 Å². The number of benzene rings is 1. The van der Waals surface area contributed by atoms with Crippen LogP contribution in [-0.4, -0.2) is 10.2 Å². The van der Waals surface area contributed by atoms with Crippen molar-refractivity contribution in [3.63, 3.8) is 0 Å². The molecular weight excluding hydrogens is 369 g/mol. The number of halogens is 1. The second-order valence-electron chi connectivity index (χ2n) is 4.49. The fourth-order valence-electron chi connectivity index (χ4n) is 2.39. The fourth-order valence-corrected chi connectivity index (χ4v) is 3.65. The highest BCUT2D eigenvalue weighted by Crippen LogP contribution is 2.41. The van der Waals surface area contributed by atoms with Crippen LogP contribution in [0.5, 0.6) is 0 Å². The van der Waals surface area contributed by atoms with Crippen molar-refractivity contribution in [2.24, 2.45) is 0 Å². The summed E-state index contributed by atoms with van der Waals surface area (Å²) < 4.78 is 1.23. The van der Waals surface area contributed by atoms with E-state index in [9.17, 15) is 0 Å². The van der Waals surface area contributed by atoms with E-state index in [0.29, 0.717) is 0 Å². The summed E-state index contributed by atoms with van der Waals surface area (Å²) in [6, 6.07) is 10.5. The lowest BCUT2D eigenvalue weighted by Gasteiger charge is -2.04. The maximum absolute atomic E-state index is 4.40. The Morgan fingerprint density at radius 2 is 2.05 bits per heavy atom. The van der Waals surface area contributed by atoms with E-state index in [1.165, 1.54) is 25.3 Å². The van der Waals surface area contributed by atoms with E-state index in [0.717, 1.165) is 17.9 Å². The minimum Gasteiger partial charge on any atom is -0.339 e. The molecule has 0 saturated carbocycles. The van der Waals surface area contributed by atoms with E-state index in [1.807, 2.05) is 11.3 Å². The van der Waals surface area contributed by atoms with E-state index in [-0.39, 0.29) is 0 Å². The largest absolute Gasteiger partial charge is 0.339 e. The molecule has 19 heavy (non-hydrogen) atoms. The average molecular weight is 379 g/mol. The number of nitrogens with one attached hydrogen (secondary N) is 2. The van der Waals surface area contributed by atoms with Crippen LogP contribution in [0.15, 0.2) is 35.7 Å². The number of nitrogens with zero attached hydrogens (tertiary/aromatic N) is 1. The SMILES string of the molecule is Ic1ccc(Nc2n[nH]c3c2Cc2sccc2-3)cc1. The van der Waals surface area contributed by atoms with Gasteiger partial charge in [0.1, 0.15) is 0 Å². The molecule has 0 radical (unpaired) electrons. The molecule has 1 aliphatic carbocycles. The number of aromatic nitrogens is 2. The summed E-state index contributed by atoms with van der Waals surface area (Å²) in [5.41, 5.74) is 4.83. The van der Waals surface area contributed by atoms with Crippen LogP contribution in [-0.2, 0) is 6.42 Å². The second-order valence-corrected chi connectivity index (χ2v) is 6.74. The third-order valence-electron chi connectivity index (χ3n) is 3.33. The third-order valence-corrected chi connectivity index (χ3v) is 4.97. The van der Waals surface area contributed by atoms with Gasteiger partial charge in [-0.1, -0.05) is 0 Å².